The molecule has 0 N–H and O–H groups in total. The van der Waals surface area contributed by atoms with Crippen molar-refractivity contribution in [2.45, 2.75) is 13.8 Å². The largest absolute Gasteiger partial charge is 0.491 e. The Morgan fingerprint density at radius 3 is 2.58 bits per heavy atom. The molecule has 1 aliphatic rings. The van der Waals surface area contributed by atoms with Crippen LogP contribution in [0.15, 0.2) is 47.4 Å². The fraction of sp³-hybridized carbons (Fsp3) is 0.200. The van der Waals surface area contributed by atoms with Gasteiger partial charge in [-0.3, -0.25) is 14.5 Å². The topological polar surface area (TPSA) is 46.6 Å². The lowest BCUT2D eigenvalue weighted by Crippen LogP contribution is -2.32. The normalized spacial score (nSPS) is 15.8. The molecule has 0 radical (unpaired) electrons. The molecule has 0 saturated carbocycles. The van der Waals surface area contributed by atoms with Crippen LogP contribution in [-0.4, -0.2) is 29.2 Å². The quantitative estimate of drug-likeness (QED) is 0.446. The lowest BCUT2D eigenvalue weighted by Gasteiger charge is -2.14. The molecule has 6 heteroatoms. The third kappa shape index (κ3) is 4.48. The highest BCUT2D eigenvalue weighted by molar-refractivity contribution is 14.1. The first kappa shape index (κ1) is 19.0. The monoisotopic (exact) mass is 479 g/mol. The molecule has 2 amide bonds. The summed E-state index contributed by atoms with van der Waals surface area (Å²) in [6.07, 6.45) is 1.76. The lowest BCUT2D eigenvalue weighted by molar-refractivity contribution is -0.123. The first-order valence-electron chi connectivity index (χ1n) is 8.15. The van der Waals surface area contributed by atoms with Crippen molar-refractivity contribution < 1.29 is 14.3 Å². The minimum Gasteiger partial charge on any atom is -0.491 e. The molecule has 1 fully saturated rings. The van der Waals surface area contributed by atoms with Gasteiger partial charge in [-0.1, -0.05) is 24.3 Å². The van der Waals surface area contributed by atoms with Crippen molar-refractivity contribution in [1.82, 2.24) is 4.90 Å². The van der Waals surface area contributed by atoms with E-state index in [9.17, 15) is 9.59 Å². The number of rotatable bonds is 5. The lowest BCUT2D eigenvalue weighted by atomic mass is 10.1. The molecule has 26 heavy (non-hydrogen) atoms. The van der Waals surface area contributed by atoms with Crippen LogP contribution in [0, 0.1) is 17.4 Å². The summed E-state index contributed by atoms with van der Waals surface area (Å²) >= 11 is 3.20. The summed E-state index contributed by atoms with van der Waals surface area (Å²) in [6.45, 7) is 4.48. The molecule has 2 aromatic carbocycles. The molecular weight excluding hydrogens is 461 g/mol. The van der Waals surface area contributed by atoms with Crippen molar-refractivity contribution in [2.24, 2.45) is 0 Å². The minimum atomic E-state index is -0.261. The average Bonchev–Trinajstić information content (AvgIpc) is 2.87. The molecule has 1 saturated heterocycles. The van der Waals surface area contributed by atoms with Crippen LogP contribution in [0.2, 0.25) is 0 Å². The zero-order valence-corrected chi connectivity index (χ0v) is 17.5. The van der Waals surface area contributed by atoms with Gasteiger partial charge in [0.05, 0.1) is 11.4 Å². The Hall–Kier alpha value is -1.80. The molecule has 0 aromatic heterocycles. The van der Waals surface area contributed by atoms with Crippen LogP contribution in [0.3, 0.4) is 0 Å². The number of carbonyl (C=O) groups is 2. The van der Waals surface area contributed by atoms with E-state index in [1.165, 1.54) is 4.90 Å². The Bertz CT molecular complexity index is 877. The highest BCUT2D eigenvalue weighted by Crippen LogP contribution is 2.32. The van der Waals surface area contributed by atoms with Crippen LogP contribution in [0.1, 0.15) is 16.7 Å². The van der Waals surface area contributed by atoms with Gasteiger partial charge >= 0.3 is 0 Å². The van der Waals surface area contributed by atoms with Gasteiger partial charge in [-0.15, -0.1) is 0 Å². The van der Waals surface area contributed by atoms with Gasteiger partial charge in [0.2, 0.25) is 0 Å². The number of benzene rings is 2. The number of thioether (sulfide) groups is 1. The first-order valence-corrected chi connectivity index (χ1v) is 10.0. The van der Waals surface area contributed by atoms with Crippen molar-refractivity contribution in [2.75, 3.05) is 13.2 Å². The van der Waals surface area contributed by atoms with Crippen molar-refractivity contribution in [3.05, 3.63) is 67.6 Å². The van der Waals surface area contributed by atoms with E-state index < -0.39 is 0 Å². The van der Waals surface area contributed by atoms with Crippen molar-refractivity contribution in [3.63, 3.8) is 0 Å². The predicted octanol–water partition coefficient (Wildman–Crippen LogP) is 5.02. The number of nitrogens with zero attached hydrogens (tertiary/aromatic N) is 1. The predicted molar refractivity (Wildman–Crippen MR) is 113 cm³/mol. The van der Waals surface area contributed by atoms with Crippen molar-refractivity contribution in [3.8, 4) is 5.75 Å². The SMILES string of the molecule is Cc1ccc(C)c(OCCN2C(=O)S/C(=C\c3ccc(I)cc3)C2=O)c1. The highest BCUT2D eigenvalue weighted by atomic mass is 127. The van der Waals surface area contributed by atoms with Gasteiger partial charge in [0.25, 0.3) is 11.1 Å². The van der Waals surface area contributed by atoms with E-state index in [1.807, 2.05) is 56.3 Å². The van der Waals surface area contributed by atoms with E-state index in [-0.39, 0.29) is 24.3 Å². The maximum absolute atomic E-state index is 12.5. The molecule has 0 unspecified atom stereocenters. The summed E-state index contributed by atoms with van der Waals surface area (Å²) < 4.78 is 6.89. The third-order valence-corrected chi connectivity index (χ3v) is 5.58. The fourth-order valence-corrected chi connectivity index (χ4v) is 3.74. The summed E-state index contributed by atoms with van der Waals surface area (Å²) in [5, 5.41) is -0.253. The molecule has 0 aliphatic carbocycles. The van der Waals surface area contributed by atoms with E-state index >= 15 is 0 Å². The van der Waals surface area contributed by atoms with E-state index in [2.05, 4.69) is 22.6 Å². The van der Waals surface area contributed by atoms with Crippen molar-refractivity contribution in [1.29, 1.82) is 0 Å². The standard InChI is InChI=1S/C20H18INO3S/c1-13-3-4-14(2)17(11-13)25-10-9-22-19(23)18(26-20(22)24)12-15-5-7-16(21)8-6-15/h3-8,11-12H,9-10H2,1-2H3/b18-12-. The van der Waals surface area contributed by atoms with Crippen LogP contribution >= 0.6 is 34.4 Å². The van der Waals surface area contributed by atoms with Crippen LogP contribution < -0.4 is 4.74 Å². The van der Waals surface area contributed by atoms with Gasteiger partial charge in [-0.2, -0.15) is 0 Å². The minimum absolute atomic E-state index is 0.238. The Balaban J connectivity index is 1.64. The van der Waals surface area contributed by atoms with E-state index in [4.69, 9.17) is 4.74 Å². The van der Waals surface area contributed by atoms with Crippen LogP contribution in [0.4, 0.5) is 4.79 Å². The maximum Gasteiger partial charge on any atom is 0.293 e. The summed E-state index contributed by atoms with van der Waals surface area (Å²) in [4.78, 5) is 26.4. The molecule has 134 valence electrons. The molecule has 0 atom stereocenters. The zero-order chi connectivity index (χ0) is 18.7. The second-order valence-electron chi connectivity index (χ2n) is 6.00. The van der Waals surface area contributed by atoms with Gasteiger partial charge in [0.1, 0.15) is 12.4 Å². The number of imide groups is 1. The van der Waals surface area contributed by atoms with Crippen molar-refractivity contribution >= 4 is 51.6 Å². The summed E-state index contributed by atoms with van der Waals surface area (Å²) in [5.41, 5.74) is 3.04. The zero-order valence-electron chi connectivity index (χ0n) is 14.5. The second kappa shape index (κ2) is 8.26. The molecular formula is C20H18INO3S. The first-order chi connectivity index (χ1) is 12.4. The van der Waals surface area contributed by atoms with Crippen LogP contribution in [0.5, 0.6) is 5.75 Å². The molecule has 4 nitrogen and oxygen atoms in total. The fourth-order valence-electron chi connectivity index (χ4n) is 2.51. The number of aryl methyl sites for hydroxylation is 2. The maximum atomic E-state index is 12.5. The molecule has 1 aliphatic heterocycles. The number of halogens is 1. The average molecular weight is 479 g/mol. The molecule has 0 bridgehead atoms. The number of hydrogen-bond donors (Lipinski definition) is 0. The highest BCUT2D eigenvalue weighted by Gasteiger charge is 2.34. The smallest absolute Gasteiger partial charge is 0.293 e. The second-order valence-corrected chi connectivity index (χ2v) is 8.24. The van der Waals surface area contributed by atoms with Gasteiger partial charge in [-0.25, -0.2) is 0 Å². The van der Waals surface area contributed by atoms with Crippen LogP contribution in [0.25, 0.3) is 6.08 Å². The van der Waals surface area contributed by atoms with E-state index in [0.717, 1.165) is 37.8 Å². The molecule has 3 rings (SSSR count). The Morgan fingerprint density at radius 1 is 1.12 bits per heavy atom. The Labute approximate surface area is 170 Å². The summed E-state index contributed by atoms with van der Waals surface area (Å²) in [5.74, 6) is 0.523. The number of hydrogen-bond acceptors (Lipinski definition) is 4. The van der Waals surface area contributed by atoms with E-state index in [1.54, 1.807) is 6.08 Å². The molecule has 1 heterocycles. The molecule has 0 spiro atoms. The van der Waals surface area contributed by atoms with Gasteiger partial charge < -0.3 is 4.74 Å². The Morgan fingerprint density at radius 2 is 1.85 bits per heavy atom. The van der Waals surface area contributed by atoms with Gasteiger partial charge in [0.15, 0.2) is 0 Å². The number of amides is 2. The Kier molecular flexibility index (Phi) is 6.03. The van der Waals surface area contributed by atoms with Gasteiger partial charge in [0, 0.05) is 3.57 Å². The summed E-state index contributed by atoms with van der Waals surface area (Å²) in [7, 11) is 0. The third-order valence-electron chi connectivity index (χ3n) is 3.96. The van der Waals surface area contributed by atoms with Crippen LogP contribution in [-0.2, 0) is 4.79 Å². The summed E-state index contributed by atoms with van der Waals surface area (Å²) in [6, 6.07) is 13.8. The number of carbonyl (C=O) groups excluding carboxylic acids is 2. The molecule has 2 aromatic rings. The van der Waals surface area contributed by atoms with Gasteiger partial charge in [-0.05, 0) is 89.2 Å². The van der Waals surface area contributed by atoms with E-state index in [0.29, 0.717) is 4.91 Å². The number of ether oxygens (including phenoxy) is 1.